The van der Waals surface area contributed by atoms with Crippen LogP contribution in [0.2, 0.25) is 0 Å². The fraction of sp³-hybridized carbons (Fsp3) is 0.455. The Hall–Kier alpha value is -0.520. The Morgan fingerprint density at radius 1 is 1.31 bits per heavy atom. The number of benzene rings is 1. The van der Waals surface area contributed by atoms with Gasteiger partial charge in [-0.3, -0.25) is 4.55 Å². The maximum atomic E-state index is 11.0. The molecular weight excluding hydrogens is 244 g/mol. The summed E-state index contributed by atoms with van der Waals surface area (Å²) in [6, 6.07) is 10.0. The van der Waals surface area contributed by atoms with Gasteiger partial charge in [-0.05, 0) is 18.4 Å². The largest absolute Gasteiger partial charge is 0.285 e. The van der Waals surface area contributed by atoms with Crippen LogP contribution in [0.15, 0.2) is 30.3 Å². The van der Waals surface area contributed by atoms with Crippen LogP contribution in [-0.4, -0.2) is 29.2 Å². The molecule has 1 aliphatic rings. The van der Waals surface area contributed by atoms with Gasteiger partial charge in [-0.25, -0.2) is 0 Å². The Labute approximate surface area is 100 Å². The summed E-state index contributed by atoms with van der Waals surface area (Å²) >= 11 is 1.63. The molecule has 88 valence electrons. The summed E-state index contributed by atoms with van der Waals surface area (Å²) < 4.78 is 30.9. The van der Waals surface area contributed by atoms with E-state index in [9.17, 15) is 8.42 Å². The molecule has 0 amide bonds. The molecule has 5 heteroatoms. The molecule has 0 saturated carbocycles. The van der Waals surface area contributed by atoms with Crippen molar-refractivity contribution in [2.45, 2.75) is 23.3 Å². The first kappa shape index (κ1) is 12.0. The molecule has 1 N–H and O–H groups in total. The van der Waals surface area contributed by atoms with E-state index in [0.717, 1.165) is 6.42 Å². The Morgan fingerprint density at radius 2 is 2.00 bits per heavy atom. The number of rotatable bonds is 3. The third-order valence-electron chi connectivity index (χ3n) is 2.77. The van der Waals surface area contributed by atoms with Gasteiger partial charge in [0.2, 0.25) is 0 Å². The summed E-state index contributed by atoms with van der Waals surface area (Å²) in [6.45, 7) is 0. The van der Waals surface area contributed by atoms with E-state index in [2.05, 4.69) is 0 Å². The minimum absolute atomic E-state index is 0.300. The predicted octanol–water partition coefficient (Wildman–Crippen LogP) is 1.99. The van der Waals surface area contributed by atoms with Gasteiger partial charge in [0.05, 0.1) is 5.25 Å². The van der Waals surface area contributed by atoms with E-state index < -0.39 is 15.4 Å². The first-order valence-electron chi connectivity index (χ1n) is 5.17. The lowest BCUT2D eigenvalue weighted by Crippen LogP contribution is -2.20. The molecule has 16 heavy (non-hydrogen) atoms. The Morgan fingerprint density at radius 3 is 2.56 bits per heavy atom. The van der Waals surface area contributed by atoms with Crippen LogP contribution in [0.5, 0.6) is 0 Å². The average Bonchev–Trinajstić information content (AvgIpc) is 2.67. The van der Waals surface area contributed by atoms with Crippen molar-refractivity contribution in [2.24, 2.45) is 0 Å². The first-order chi connectivity index (χ1) is 7.55. The van der Waals surface area contributed by atoms with Gasteiger partial charge in [-0.15, -0.1) is 0 Å². The minimum atomic E-state index is -3.85. The molecule has 1 heterocycles. The molecule has 1 fully saturated rings. The lowest BCUT2D eigenvalue weighted by atomic mass is 10.1. The predicted molar refractivity (Wildman–Crippen MR) is 66.3 cm³/mol. The normalized spacial score (nSPS) is 25.8. The van der Waals surface area contributed by atoms with E-state index in [-0.39, 0.29) is 0 Å². The Kier molecular flexibility index (Phi) is 3.56. The second-order valence-corrected chi connectivity index (χ2v) is 7.05. The van der Waals surface area contributed by atoms with E-state index in [1.165, 1.54) is 5.56 Å². The van der Waals surface area contributed by atoms with Crippen molar-refractivity contribution in [1.29, 1.82) is 0 Å². The van der Waals surface area contributed by atoms with Crippen molar-refractivity contribution in [1.82, 2.24) is 0 Å². The highest BCUT2D eigenvalue weighted by molar-refractivity contribution is 8.01. The zero-order valence-corrected chi connectivity index (χ0v) is 10.4. The molecule has 0 aliphatic carbocycles. The van der Waals surface area contributed by atoms with E-state index in [1.54, 1.807) is 11.8 Å². The lowest BCUT2D eigenvalue weighted by Gasteiger charge is -2.08. The first-order valence-corrected chi connectivity index (χ1v) is 7.73. The average molecular weight is 258 g/mol. The van der Waals surface area contributed by atoms with Crippen LogP contribution in [0, 0.1) is 0 Å². The monoisotopic (exact) mass is 258 g/mol. The molecule has 1 aliphatic heterocycles. The van der Waals surface area contributed by atoms with E-state index in [4.69, 9.17) is 4.55 Å². The maximum Gasteiger partial charge on any atom is 0.268 e. The highest BCUT2D eigenvalue weighted by Crippen LogP contribution is 2.32. The van der Waals surface area contributed by atoms with Gasteiger partial charge in [-0.2, -0.15) is 20.2 Å². The molecule has 2 atom stereocenters. The molecular formula is C11H14O3S2. The summed E-state index contributed by atoms with van der Waals surface area (Å²) in [5.41, 5.74) is 1.22. The third kappa shape index (κ3) is 2.99. The van der Waals surface area contributed by atoms with Crippen LogP contribution in [0.4, 0.5) is 0 Å². The standard InChI is InChI=1S/C11H14O3S2/c12-16(13,14)11-7-10(15-8-11)6-9-4-2-1-3-5-9/h1-5,10-11H,6-8H2,(H,12,13,14). The van der Waals surface area contributed by atoms with Crippen LogP contribution in [-0.2, 0) is 16.5 Å². The fourth-order valence-corrected chi connectivity index (χ4v) is 4.72. The van der Waals surface area contributed by atoms with Gasteiger partial charge in [0.25, 0.3) is 10.1 Å². The van der Waals surface area contributed by atoms with Gasteiger partial charge in [0.15, 0.2) is 0 Å². The highest BCUT2D eigenvalue weighted by Gasteiger charge is 2.33. The van der Waals surface area contributed by atoms with Crippen LogP contribution in [0.3, 0.4) is 0 Å². The Balaban J connectivity index is 1.96. The number of thioether (sulfide) groups is 1. The molecule has 2 rings (SSSR count). The zero-order valence-electron chi connectivity index (χ0n) is 8.74. The summed E-state index contributed by atoms with van der Waals surface area (Å²) in [7, 11) is -3.85. The molecule has 0 spiro atoms. The summed E-state index contributed by atoms with van der Waals surface area (Å²) in [4.78, 5) is 0. The molecule has 2 unspecified atom stereocenters. The van der Waals surface area contributed by atoms with Crippen LogP contribution < -0.4 is 0 Å². The fourth-order valence-electron chi connectivity index (χ4n) is 1.90. The number of hydrogen-bond acceptors (Lipinski definition) is 3. The summed E-state index contributed by atoms with van der Waals surface area (Å²) in [5.74, 6) is 0.510. The molecule has 1 aromatic carbocycles. The van der Waals surface area contributed by atoms with Crippen molar-refractivity contribution in [3.8, 4) is 0 Å². The second-order valence-electron chi connectivity index (χ2n) is 4.02. The quantitative estimate of drug-likeness (QED) is 0.842. The summed E-state index contributed by atoms with van der Waals surface area (Å²) in [6.07, 6.45) is 1.43. The van der Waals surface area contributed by atoms with Crippen molar-refractivity contribution >= 4 is 21.9 Å². The second kappa shape index (κ2) is 4.77. The summed E-state index contributed by atoms with van der Waals surface area (Å²) in [5, 5.41) is -0.277. The molecule has 3 nitrogen and oxygen atoms in total. The molecule has 1 saturated heterocycles. The van der Waals surface area contributed by atoms with E-state index in [0.29, 0.717) is 17.4 Å². The van der Waals surface area contributed by atoms with Gasteiger partial charge in [-0.1, -0.05) is 30.3 Å². The molecule has 0 radical (unpaired) electrons. The van der Waals surface area contributed by atoms with Gasteiger partial charge in [0, 0.05) is 11.0 Å². The van der Waals surface area contributed by atoms with Crippen LogP contribution >= 0.6 is 11.8 Å². The van der Waals surface area contributed by atoms with Crippen molar-refractivity contribution in [3.63, 3.8) is 0 Å². The van der Waals surface area contributed by atoms with Gasteiger partial charge in [0.1, 0.15) is 0 Å². The maximum absolute atomic E-state index is 11.0. The van der Waals surface area contributed by atoms with Crippen molar-refractivity contribution in [3.05, 3.63) is 35.9 Å². The van der Waals surface area contributed by atoms with Crippen molar-refractivity contribution < 1.29 is 13.0 Å². The van der Waals surface area contributed by atoms with E-state index in [1.807, 2.05) is 30.3 Å². The van der Waals surface area contributed by atoms with Crippen LogP contribution in [0.25, 0.3) is 0 Å². The van der Waals surface area contributed by atoms with Crippen LogP contribution in [0.1, 0.15) is 12.0 Å². The lowest BCUT2D eigenvalue weighted by molar-refractivity contribution is 0.468. The molecule has 1 aromatic rings. The zero-order chi connectivity index (χ0) is 11.6. The minimum Gasteiger partial charge on any atom is -0.285 e. The van der Waals surface area contributed by atoms with E-state index >= 15 is 0 Å². The van der Waals surface area contributed by atoms with Gasteiger partial charge < -0.3 is 0 Å². The SMILES string of the molecule is O=S(=O)(O)C1CSC(Cc2ccccc2)C1. The van der Waals surface area contributed by atoms with Crippen molar-refractivity contribution in [2.75, 3.05) is 5.75 Å². The molecule has 0 aromatic heterocycles. The highest BCUT2D eigenvalue weighted by atomic mass is 32.2. The Bertz CT molecular complexity index is 442. The molecule has 0 bridgehead atoms. The number of hydrogen-bond donors (Lipinski definition) is 1. The topological polar surface area (TPSA) is 54.4 Å². The van der Waals surface area contributed by atoms with Gasteiger partial charge >= 0.3 is 0 Å². The third-order valence-corrected chi connectivity index (χ3v) is 5.61. The smallest absolute Gasteiger partial charge is 0.268 e.